The lowest BCUT2D eigenvalue weighted by molar-refractivity contribution is -0.385. The van der Waals surface area contributed by atoms with Crippen LogP contribution < -0.4 is 0 Å². The van der Waals surface area contributed by atoms with Crippen molar-refractivity contribution >= 4 is 33.0 Å². The summed E-state index contributed by atoms with van der Waals surface area (Å²) in [5.74, 6) is -1.77. The third-order valence-corrected chi connectivity index (χ3v) is 7.51. The van der Waals surface area contributed by atoms with Crippen molar-refractivity contribution in [3.8, 4) is 0 Å². The smallest absolute Gasteiger partial charge is 0.340 e. The number of nitrogens with zero attached hydrogens (tertiary/aromatic N) is 2. The Hall–Kier alpha value is -5.23. The molecule has 0 spiro atoms. The number of hydrogen-bond donors (Lipinski definition) is 0. The highest BCUT2D eigenvalue weighted by molar-refractivity contribution is 7.91. The largest absolute Gasteiger partial charge is 0.445 e. The zero-order valence-electron chi connectivity index (χ0n) is 19.9. The maximum absolute atomic E-state index is 13.3. The fourth-order valence-corrected chi connectivity index (χ4v) is 5.16. The summed E-state index contributed by atoms with van der Waals surface area (Å²) in [6.45, 7) is 0. The summed E-state index contributed by atoms with van der Waals surface area (Å²) in [5.41, 5.74) is -0.592. The Labute approximate surface area is 221 Å². The van der Waals surface area contributed by atoms with Crippen molar-refractivity contribution in [2.75, 3.05) is 0 Å². The first-order chi connectivity index (χ1) is 18.6. The van der Waals surface area contributed by atoms with Crippen molar-refractivity contribution in [3.05, 3.63) is 140 Å². The molecule has 0 fully saturated rings. The molecule has 196 valence electrons. The lowest BCUT2D eigenvalue weighted by atomic mass is 9.99. The molecule has 0 aromatic heterocycles. The van der Waals surface area contributed by atoms with E-state index in [1.807, 2.05) is 0 Å². The maximum atomic E-state index is 13.3. The number of esters is 1. The molecule has 0 unspecified atom stereocenters. The first-order valence-corrected chi connectivity index (χ1v) is 12.7. The molecule has 0 radical (unpaired) electrons. The van der Waals surface area contributed by atoms with Gasteiger partial charge >= 0.3 is 5.97 Å². The number of carbonyl (C=O) groups excluding carboxylic acids is 2. The molecule has 0 aliphatic carbocycles. The molecule has 39 heavy (non-hydrogen) atoms. The summed E-state index contributed by atoms with van der Waals surface area (Å²) in [7, 11) is -4.33. The molecule has 0 aliphatic heterocycles. The monoisotopic (exact) mass is 546 g/mol. The third kappa shape index (κ3) is 5.70. The maximum Gasteiger partial charge on any atom is 0.340 e. The number of ketones is 1. The summed E-state index contributed by atoms with van der Waals surface area (Å²) >= 11 is 0. The van der Waals surface area contributed by atoms with Crippen LogP contribution in [0.1, 0.15) is 32.4 Å². The van der Waals surface area contributed by atoms with Crippen molar-refractivity contribution in [2.24, 2.45) is 0 Å². The molecule has 11 nitrogen and oxygen atoms in total. The summed E-state index contributed by atoms with van der Waals surface area (Å²) in [5, 5.41) is 22.0. The number of benzene rings is 4. The quantitative estimate of drug-likeness (QED) is 0.120. The number of nitro groups is 2. The molecule has 0 aliphatic rings. The van der Waals surface area contributed by atoms with Gasteiger partial charge in [0.2, 0.25) is 15.6 Å². The Morgan fingerprint density at radius 3 is 1.77 bits per heavy atom. The molecule has 0 bridgehead atoms. The number of hydrogen-bond acceptors (Lipinski definition) is 9. The first-order valence-electron chi connectivity index (χ1n) is 11.2. The minimum absolute atomic E-state index is 0.138. The van der Waals surface area contributed by atoms with E-state index in [0.717, 1.165) is 36.4 Å². The Morgan fingerprint density at radius 2 is 1.21 bits per heavy atom. The topological polar surface area (TPSA) is 164 Å². The third-order valence-electron chi connectivity index (χ3n) is 5.68. The second-order valence-corrected chi connectivity index (χ2v) is 10.0. The normalized spacial score (nSPS) is 11.8. The lowest BCUT2D eigenvalue weighted by Crippen LogP contribution is -2.21. The fourth-order valence-electron chi connectivity index (χ4n) is 3.71. The Balaban J connectivity index is 1.73. The Kier molecular flexibility index (Phi) is 7.58. The van der Waals surface area contributed by atoms with Crippen LogP contribution in [0.4, 0.5) is 11.4 Å². The van der Waals surface area contributed by atoms with E-state index in [0.29, 0.717) is 0 Å². The van der Waals surface area contributed by atoms with Crippen LogP contribution in [0.2, 0.25) is 0 Å². The standard InChI is InChI=1S/C27H18N2O9S/c30-25(18-6-2-1-3-7-18)26(19-10-12-20(13-11-19)28(32)33)38-27(31)23-8-4-5-9-24(23)39(36,37)22-16-14-21(15-17-22)29(34)35/h1-17,26H/t26-/m1/s1. The van der Waals surface area contributed by atoms with Gasteiger partial charge in [-0.3, -0.25) is 25.0 Å². The molecule has 0 saturated heterocycles. The Morgan fingerprint density at radius 1 is 0.692 bits per heavy atom. The number of Topliss-reactive ketones (excluding diaryl/α,β-unsaturated/α-hetero) is 1. The molecule has 4 aromatic rings. The van der Waals surface area contributed by atoms with Crippen molar-refractivity contribution in [2.45, 2.75) is 15.9 Å². The van der Waals surface area contributed by atoms with Gasteiger partial charge in [0.1, 0.15) is 0 Å². The second kappa shape index (κ2) is 11.0. The molecule has 0 heterocycles. The molecule has 1 atom stereocenters. The average Bonchev–Trinajstić information content (AvgIpc) is 2.96. The fraction of sp³-hybridized carbons (Fsp3) is 0.0370. The van der Waals surface area contributed by atoms with Crippen LogP contribution in [-0.4, -0.2) is 30.0 Å². The molecule has 4 rings (SSSR count). The SMILES string of the molecule is O=C(O[C@@H](C(=O)c1ccccc1)c1ccc([N+](=O)[O-])cc1)c1ccccc1S(=O)(=O)c1ccc([N+](=O)[O-])cc1. The molecule has 12 heteroatoms. The van der Waals surface area contributed by atoms with Gasteiger partial charge in [-0.2, -0.15) is 0 Å². The number of carbonyl (C=O) groups is 2. The number of rotatable bonds is 9. The Bertz CT molecular complexity index is 1670. The molecule has 4 aromatic carbocycles. The van der Waals surface area contributed by atoms with Crippen LogP contribution in [0, 0.1) is 20.2 Å². The summed E-state index contributed by atoms with van der Waals surface area (Å²) in [4.78, 5) is 46.7. The van der Waals surface area contributed by atoms with Gasteiger partial charge in [-0.25, -0.2) is 13.2 Å². The van der Waals surface area contributed by atoms with E-state index in [1.165, 1.54) is 48.5 Å². The summed E-state index contributed by atoms with van der Waals surface area (Å²) in [6.07, 6.45) is -1.55. The minimum Gasteiger partial charge on any atom is -0.445 e. The molecule has 0 N–H and O–H groups in total. The van der Waals surface area contributed by atoms with Crippen molar-refractivity contribution in [3.63, 3.8) is 0 Å². The highest BCUT2D eigenvalue weighted by Crippen LogP contribution is 2.30. The predicted octanol–water partition coefficient (Wildman–Crippen LogP) is 5.12. The predicted molar refractivity (Wildman–Crippen MR) is 137 cm³/mol. The zero-order valence-corrected chi connectivity index (χ0v) is 20.7. The van der Waals surface area contributed by atoms with Gasteiger partial charge in [-0.15, -0.1) is 0 Å². The number of nitro benzene ring substituents is 2. The second-order valence-electron chi connectivity index (χ2n) is 8.11. The number of sulfone groups is 1. The van der Waals surface area contributed by atoms with Gasteiger partial charge in [-0.05, 0) is 36.4 Å². The van der Waals surface area contributed by atoms with Gasteiger partial charge in [0.25, 0.3) is 11.4 Å². The van der Waals surface area contributed by atoms with E-state index in [4.69, 9.17) is 4.74 Å². The molecular weight excluding hydrogens is 528 g/mol. The first kappa shape index (κ1) is 26.8. The van der Waals surface area contributed by atoms with E-state index in [-0.39, 0.29) is 33.0 Å². The van der Waals surface area contributed by atoms with E-state index < -0.39 is 42.4 Å². The summed E-state index contributed by atoms with van der Waals surface area (Å²) < 4.78 is 32.2. The van der Waals surface area contributed by atoms with E-state index >= 15 is 0 Å². The van der Waals surface area contributed by atoms with Gasteiger partial charge in [-0.1, -0.05) is 42.5 Å². The van der Waals surface area contributed by atoms with Gasteiger partial charge < -0.3 is 4.74 Å². The van der Waals surface area contributed by atoms with Gasteiger partial charge in [0, 0.05) is 35.4 Å². The molecular formula is C27H18N2O9S. The highest BCUT2D eigenvalue weighted by Gasteiger charge is 2.31. The van der Waals surface area contributed by atoms with Crippen LogP contribution in [0.15, 0.2) is 113 Å². The highest BCUT2D eigenvalue weighted by atomic mass is 32.2. The number of non-ortho nitro benzene ring substituents is 2. The van der Waals surface area contributed by atoms with E-state index in [2.05, 4.69) is 0 Å². The van der Waals surface area contributed by atoms with Crippen LogP contribution in [0.5, 0.6) is 0 Å². The van der Waals surface area contributed by atoms with Crippen LogP contribution in [0.25, 0.3) is 0 Å². The van der Waals surface area contributed by atoms with E-state index in [9.17, 15) is 38.2 Å². The molecule has 0 amide bonds. The molecule has 0 saturated carbocycles. The zero-order chi connectivity index (χ0) is 28.2. The van der Waals surface area contributed by atoms with Crippen LogP contribution in [0.3, 0.4) is 0 Å². The average molecular weight is 547 g/mol. The summed E-state index contributed by atoms with van der Waals surface area (Å²) in [6, 6.07) is 22.1. The number of ether oxygens (including phenoxy) is 1. The van der Waals surface area contributed by atoms with Gasteiger partial charge in [0.05, 0.1) is 25.2 Å². The lowest BCUT2D eigenvalue weighted by Gasteiger charge is -2.18. The van der Waals surface area contributed by atoms with Crippen molar-refractivity contribution < 1.29 is 32.6 Å². The van der Waals surface area contributed by atoms with Gasteiger partial charge in [0.15, 0.2) is 6.10 Å². The van der Waals surface area contributed by atoms with Crippen molar-refractivity contribution in [1.82, 2.24) is 0 Å². The van der Waals surface area contributed by atoms with Crippen molar-refractivity contribution in [1.29, 1.82) is 0 Å². The van der Waals surface area contributed by atoms with Crippen LogP contribution >= 0.6 is 0 Å². The van der Waals surface area contributed by atoms with Crippen LogP contribution in [-0.2, 0) is 14.6 Å². The van der Waals surface area contributed by atoms with E-state index in [1.54, 1.807) is 18.2 Å². The minimum atomic E-state index is -4.33.